The molecule has 3 fully saturated rings. The minimum atomic E-state index is -1.48. The van der Waals surface area contributed by atoms with Crippen LogP contribution >= 0.6 is 0 Å². The van der Waals surface area contributed by atoms with E-state index in [1.54, 1.807) is 37.3 Å². The van der Waals surface area contributed by atoms with E-state index >= 15 is 0 Å². The lowest BCUT2D eigenvalue weighted by Crippen LogP contribution is -2.60. The molecule has 6 heteroatoms. The van der Waals surface area contributed by atoms with Crippen molar-refractivity contribution in [1.29, 1.82) is 0 Å². The lowest BCUT2D eigenvalue weighted by molar-refractivity contribution is -0.277. The van der Waals surface area contributed by atoms with Crippen molar-refractivity contribution < 1.29 is 28.9 Å². The Morgan fingerprint density at radius 2 is 2.05 bits per heavy atom. The van der Waals surface area contributed by atoms with Gasteiger partial charge >= 0.3 is 5.97 Å². The Hall–Kier alpha value is -1.76. The van der Waals surface area contributed by atoms with Gasteiger partial charge in [-0.2, -0.15) is 0 Å². The summed E-state index contributed by atoms with van der Waals surface area (Å²) in [6.45, 7) is 1.66. The Labute approximate surface area is 127 Å². The molecule has 6 nitrogen and oxygen atoms in total. The topological polar surface area (TPSA) is 82.1 Å². The molecule has 5 atom stereocenters. The molecule has 1 N–H and O–H groups in total. The van der Waals surface area contributed by atoms with E-state index in [1.165, 1.54) is 0 Å². The van der Waals surface area contributed by atoms with Crippen LogP contribution in [0.5, 0.6) is 0 Å². The molecule has 1 aromatic rings. The number of fused-ring (bicyclic) bond motifs is 2. The summed E-state index contributed by atoms with van der Waals surface area (Å²) in [6, 6.07) is 8.54. The molecule has 116 valence electrons. The largest absolute Gasteiger partial charge is 0.453 e. The summed E-state index contributed by atoms with van der Waals surface area (Å²) < 4.78 is 16.7. The second-order valence-corrected chi connectivity index (χ2v) is 6.31. The molecule has 1 aromatic carbocycles. The van der Waals surface area contributed by atoms with Crippen molar-refractivity contribution in [2.45, 2.75) is 43.5 Å². The van der Waals surface area contributed by atoms with Gasteiger partial charge in [0.05, 0.1) is 11.5 Å². The third-order valence-electron chi connectivity index (χ3n) is 4.85. The summed E-state index contributed by atoms with van der Waals surface area (Å²) in [5.74, 6) is -2.67. The van der Waals surface area contributed by atoms with E-state index in [-0.39, 0.29) is 18.6 Å². The number of benzene rings is 1. The molecule has 1 saturated carbocycles. The Bertz CT molecular complexity index is 643. The predicted octanol–water partition coefficient (Wildman–Crippen LogP) is 1.02. The number of carbonyl (C=O) groups excluding carboxylic acids is 2. The second-order valence-electron chi connectivity index (χ2n) is 6.31. The Balaban J connectivity index is 1.61. The number of ether oxygens (including phenoxy) is 3. The summed E-state index contributed by atoms with van der Waals surface area (Å²) in [5.41, 5.74) is -0.673. The molecule has 0 amide bonds. The van der Waals surface area contributed by atoms with Crippen LogP contribution in [0.4, 0.5) is 0 Å². The molecule has 3 bridgehead atoms. The average molecular weight is 304 g/mol. The van der Waals surface area contributed by atoms with Crippen LogP contribution in [0.1, 0.15) is 30.1 Å². The smallest absolute Gasteiger partial charge is 0.338 e. The number of ketones is 1. The van der Waals surface area contributed by atoms with Gasteiger partial charge in [-0.25, -0.2) is 4.79 Å². The normalized spacial score (nSPS) is 42.5. The molecule has 0 spiro atoms. The molecule has 22 heavy (non-hydrogen) atoms. The van der Waals surface area contributed by atoms with Crippen LogP contribution in [0.25, 0.3) is 0 Å². The second kappa shape index (κ2) is 4.38. The van der Waals surface area contributed by atoms with Crippen molar-refractivity contribution in [2.75, 3.05) is 0 Å². The molecule has 2 aliphatic heterocycles. The maximum atomic E-state index is 12.3. The van der Waals surface area contributed by atoms with E-state index in [2.05, 4.69) is 0 Å². The van der Waals surface area contributed by atoms with Crippen molar-refractivity contribution in [3.63, 3.8) is 0 Å². The van der Waals surface area contributed by atoms with Crippen LogP contribution in [0.3, 0.4) is 0 Å². The van der Waals surface area contributed by atoms with E-state index in [9.17, 15) is 14.7 Å². The minimum Gasteiger partial charge on any atom is -0.453 e. The standard InChI is InChI=1S/C16H16O6/c1-15-8-11(17)10-7-16(15,19)22-14(21-15)12(10)20-13(18)9-5-3-2-4-6-9/h2-6,10,12,14,19H,7-8H2,1H3/t10-,12+,14-,15-,16+/m0/s1. The summed E-state index contributed by atoms with van der Waals surface area (Å²) >= 11 is 0. The van der Waals surface area contributed by atoms with E-state index in [1.807, 2.05) is 0 Å². The van der Waals surface area contributed by atoms with E-state index < -0.39 is 35.7 Å². The van der Waals surface area contributed by atoms with Crippen molar-refractivity contribution in [3.05, 3.63) is 35.9 Å². The first-order valence-electron chi connectivity index (χ1n) is 7.29. The first-order valence-corrected chi connectivity index (χ1v) is 7.29. The van der Waals surface area contributed by atoms with E-state index in [4.69, 9.17) is 14.2 Å². The number of aliphatic hydroxyl groups is 1. The molecule has 2 saturated heterocycles. The molecule has 0 aromatic heterocycles. The summed E-state index contributed by atoms with van der Waals surface area (Å²) in [6.07, 6.45) is -1.59. The van der Waals surface area contributed by atoms with Crippen LogP contribution < -0.4 is 0 Å². The molecular weight excluding hydrogens is 288 g/mol. The predicted molar refractivity (Wildman–Crippen MR) is 72.7 cm³/mol. The van der Waals surface area contributed by atoms with Gasteiger partial charge in [0, 0.05) is 12.8 Å². The Morgan fingerprint density at radius 3 is 2.77 bits per heavy atom. The van der Waals surface area contributed by atoms with Gasteiger partial charge in [0.1, 0.15) is 11.4 Å². The fourth-order valence-electron chi connectivity index (χ4n) is 3.54. The molecule has 0 radical (unpaired) electrons. The zero-order valence-corrected chi connectivity index (χ0v) is 12.0. The number of Topliss-reactive ketones (excluding diaryl/α,β-unsaturated/α-hetero) is 1. The Kier molecular flexibility index (Phi) is 2.76. The summed E-state index contributed by atoms with van der Waals surface area (Å²) in [5, 5.41) is 10.5. The van der Waals surface area contributed by atoms with E-state index in [0.717, 1.165) is 0 Å². The first kappa shape index (κ1) is 13.9. The highest BCUT2D eigenvalue weighted by molar-refractivity contribution is 5.90. The maximum Gasteiger partial charge on any atom is 0.338 e. The van der Waals surface area contributed by atoms with Crippen LogP contribution in [-0.4, -0.2) is 40.6 Å². The number of hydrogen-bond acceptors (Lipinski definition) is 6. The van der Waals surface area contributed by atoms with Crippen LogP contribution in [-0.2, 0) is 19.0 Å². The van der Waals surface area contributed by atoms with Crippen molar-refractivity contribution in [3.8, 4) is 0 Å². The first-order chi connectivity index (χ1) is 10.4. The van der Waals surface area contributed by atoms with Crippen molar-refractivity contribution in [1.82, 2.24) is 0 Å². The number of carbonyl (C=O) groups is 2. The van der Waals surface area contributed by atoms with Gasteiger partial charge in [-0.3, -0.25) is 4.79 Å². The van der Waals surface area contributed by atoms with Crippen LogP contribution in [0.15, 0.2) is 30.3 Å². The van der Waals surface area contributed by atoms with Gasteiger partial charge in [0.2, 0.25) is 0 Å². The Morgan fingerprint density at radius 1 is 1.32 bits per heavy atom. The van der Waals surface area contributed by atoms with Gasteiger partial charge in [-0.1, -0.05) is 18.2 Å². The fraction of sp³-hybridized carbons (Fsp3) is 0.500. The number of esters is 1. The zero-order chi connectivity index (χ0) is 15.5. The SMILES string of the molecule is C[C@]12CC(=O)[C@@H]3C[C@@]1(O)O[C@H](O2)[C@@H]3OC(=O)c1ccccc1. The number of hydrogen-bond donors (Lipinski definition) is 1. The lowest BCUT2D eigenvalue weighted by Gasteiger charge is -2.44. The van der Waals surface area contributed by atoms with Crippen molar-refractivity contribution >= 4 is 11.8 Å². The fourth-order valence-corrected chi connectivity index (χ4v) is 3.54. The maximum absolute atomic E-state index is 12.3. The van der Waals surface area contributed by atoms with Crippen LogP contribution in [0, 0.1) is 5.92 Å². The highest BCUT2D eigenvalue weighted by Crippen LogP contribution is 2.54. The molecule has 0 unspecified atom stereocenters. The molecule has 3 aliphatic rings. The van der Waals surface area contributed by atoms with Gasteiger partial charge in [-0.05, 0) is 19.1 Å². The third kappa shape index (κ3) is 1.78. The van der Waals surface area contributed by atoms with Gasteiger partial charge in [0.25, 0.3) is 0 Å². The van der Waals surface area contributed by atoms with Crippen LogP contribution in [0.2, 0.25) is 0 Å². The number of rotatable bonds is 2. The summed E-state index contributed by atoms with van der Waals surface area (Å²) in [7, 11) is 0. The van der Waals surface area contributed by atoms with Gasteiger partial charge in [0.15, 0.2) is 18.2 Å². The van der Waals surface area contributed by atoms with Gasteiger partial charge in [-0.15, -0.1) is 0 Å². The third-order valence-corrected chi connectivity index (χ3v) is 4.85. The van der Waals surface area contributed by atoms with Crippen molar-refractivity contribution in [2.24, 2.45) is 5.92 Å². The highest BCUT2D eigenvalue weighted by atomic mass is 16.8. The summed E-state index contributed by atoms with van der Waals surface area (Å²) in [4.78, 5) is 24.5. The van der Waals surface area contributed by atoms with E-state index in [0.29, 0.717) is 5.56 Å². The van der Waals surface area contributed by atoms with Gasteiger partial charge < -0.3 is 19.3 Å². The molecule has 2 heterocycles. The molecular formula is C16H16O6. The molecule has 4 rings (SSSR count). The molecule has 1 aliphatic carbocycles. The average Bonchev–Trinajstić information content (AvgIpc) is 2.66. The highest BCUT2D eigenvalue weighted by Gasteiger charge is 2.70. The quantitative estimate of drug-likeness (QED) is 0.822. The lowest BCUT2D eigenvalue weighted by atomic mass is 9.72. The monoisotopic (exact) mass is 304 g/mol. The zero-order valence-electron chi connectivity index (χ0n) is 12.0. The minimum absolute atomic E-state index is 0.0596.